The third-order valence-electron chi connectivity index (χ3n) is 10.4. The number of rotatable bonds is 9. The van der Waals surface area contributed by atoms with E-state index in [2.05, 4.69) is 78.0 Å². The maximum absolute atomic E-state index is 10.9. The number of aromatic nitrogens is 2. The highest BCUT2D eigenvalue weighted by Gasteiger charge is 2.27. The minimum Gasteiger partial charge on any atom is -0.342 e. The Labute approximate surface area is 384 Å². The lowest BCUT2D eigenvalue weighted by molar-refractivity contribution is -0.385. The number of fused-ring (bicyclic) bond motifs is 4. The van der Waals surface area contributed by atoms with E-state index >= 15 is 0 Å². The monoisotopic (exact) mass is 968 g/mol. The molecule has 64 heavy (non-hydrogen) atoms. The standard InChI is InChI=1S/C25H20N2O4.C19H17NO2.C6H4INO2.CH4/c1-16-10-17(12-20(11-16)18-6-8-22(9-7-18)27(28)29)14-30-25-24-21(15-31-25)13-19-4-2-3-5-23(19)26-24;1-13-5-4-6-14(9-13)11-21-19-18-16(12-22-19)10-15-7-2-3-8-17(15)20-18;7-5-1-3-6(4-2-5)8(9)10;/h2-13,25H,14-15H2,1H3;2-10,19H,11-12H2,1H3;1-4H;1H4. The number of pyridine rings is 2. The Hall–Kier alpha value is -6.49. The predicted octanol–water partition coefficient (Wildman–Crippen LogP) is 13.0. The molecule has 2 aliphatic rings. The van der Waals surface area contributed by atoms with Crippen molar-refractivity contribution >= 4 is 55.8 Å². The Bertz CT molecular complexity index is 2930. The third kappa shape index (κ3) is 11.2. The van der Waals surface area contributed by atoms with Gasteiger partial charge in [0.2, 0.25) is 12.6 Å². The van der Waals surface area contributed by atoms with E-state index in [-0.39, 0.29) is 25.1 Å². The van der Waals surface area contributed by atoms with Gasteiger partial charge < -0.3 is 18.9 Å². The molecule has 2 unspecified atom stereocenters. The largest absolute Gasteiger partial charge is 0.342 e. The average molecular weight is 969 g/mol. The topological polar surface area (TPSA) is 149 Å². The van der Waals surface area contributed by atoms with Gasteiger partial charge in [0, 0.05) is 49.7 Å². The van der Waals surface area contributed by atoms with Crippen LogP contribution in [0.15, 0.2) is 152 Å². The highest BCUT2D eigenvalue weighted by Crippen LogP contribution is 2.35. The van der Waals surface area contributed by atoms with Crippen LogP contribution in [0.25, 0.3) is 32.9 Å². The van der Waals surface area contributed by atoms with Gasteiger partial charge in [0.05, 0.1) is 47.3 Å². The van der Waals surface area contributed by atoms with Gasteiger partial charge in [-0.05, 0) is 113 Å². The number of para-hydroxylation sites is 2. The average Bonchev–Trinajstić information content (AvgIpc) is 3.88. The molecule has 0 aliphatic carbocycles. The molecule has 6 aromatic carbocycles. The summed E-state index contributed by atoms with van der Waals surface area (Å²) in [6, 6.07) is 47.8. The summed E-state index contributed by atoms with van der Waals surface area (Å²) in [6.07, 6.45) is -0.872. The van der Waals surface area contributed by atoms with Crippen molar-refractivity contribution in [2.45, 2.75) is 60.3 Å². The van der Waals surface area contributed by atoms with Crippen LogP contribution in [0.5, 0.6) is 0 Å². The fraction of sp³-hybridized carbons (Fsp3) is 0.176. The molecule has 2 aliphatic heterocycles. The van der Waals surface area contributed by atoms with Crippen molar-refractivity contribution in [3.63, 3.8) is 0 Å². The summed E-state index contributed by atoms with van der Waals surface area (Å²) in [5, 5.41) is 23.3. The molecule has 0 N–H and O–H groups in total. The van der Waals surface area contributed by atoms with Gasteiger partial charge in [0.25, 0.3) is 11.4 Å². The molecule has 0 saturated heterocycles. The zero-order chi connectivity index (χ0) is 43.9. The van der Waals surface area contributed by atoms with Gasteiger partial charge in [-0.2, -0.15) is 0 Å². The second kappa shape index (κ2) is 20.8. The second-order valence-corrected chi connectivity index (χ2v) is 16.3. The smallest absolute Gasteiger partial charge is 0.269 e. The van der Waals surface area contributed by atoms with Crippen molar-refractivity contribution in [3.8, 4) is 11.1 Å². The van der Waals surface area contributed by atoms with Gasteiger partial charge in [-0.3, -0.25) is 20.2 Å². The number of nitro groups is 2. The van der Waals surface area contributed by atoms with E-state index < -0.39 is 16.1 Å². The summed E-state index contributed by atoms with van der Waals surface area (Å²) >= 11 is 2.10. The van der Waals surface area contributed by atoms with Gasteiger partial charge in [0.1, 0.15) is 11.4 Å². The number of ether oxygens (including phenoxy) is 4. The number of hydrogen-bond acceptors (Lipinski definition) is 10. The van der Waals surface area contributed by atoms with E-state index in [4.69, 9.17) is 28.9 Å². The molecule has 8 aromatic rings. The van der Waals surface area contributed by atoms with Crippen LogP contribution in [0.1, 0.15) is 64.8 Å². The number of hydrogen-bond donors (Lipinski definition) is 0. The van der Waals surface area contributed by atoms with Crippen LogP contribution < -0.4 is 0 Å². The van der Waals surface area contributed by atoms with Gasteiger partial charge in [-0.1, -0.05) is 91.3 Å². The zero-order valence-corrected chi connectivity index (χ0v) is 36.5. The van der Waals surface area contributed by atoms with Crippen molar-refractivity contribution in [1.82, 2.24) is 9.97 Å². The maximum Gasteiger partial charge on any atom is 0.269 e. The molecule has 2 aromatic heterocycles. The quantitative estimate of drug-likeness (QED) is 0.0777. The van der Waals surface area contributed by atoms with Crippen LogP contribution in [0.4, 0.5) is 11.4 Å². The normalized spacial score (nSPS) is 14.6. The van der Waals surface area contributed by atoms with Gasteiger partial charge in [-0.15, -0.1) is 0 Å². The van der Waals surface area contributed by atoms with E-state index in [9.17, 15) is 20.2 Å². The van der Waals surface area contributed by atoms with Crippen LogP contribution >= 0.6 is 22.6 Å². The molecule has 2 atom stereocenters. The maximum atomic E-state index is 10.9. The van der Waals surface area contributed by atoms with Gasteiger partial charge >= 0.3 is 0 Å². The molecule has 0 amide bonds. The molecule has 324 valence electrons. The molecular weight excluding hydrogens is 923 g/mol. The summed E-state index contributed by atoms with van der Waals surface area (Å²) in [4.78, 5) is 29.7. The molecule has 0 radical (unpaired) electrons. The number of non-ortho nitro benzene ring substituents is 2. The van der Waals surface area contributed by atoms with E-state index in [0.717, 1.165) is 75.7 Å². The molecule has 4 heterocycles. The third-order valence-corrected chi connectivity index (χ3v) is 11.1. The van der Waals surface area contributed by atoms with Crippen molar-refractivity contribution in [1.29, 1.82) is 0 Å². The van der Waals surface area contributed by atoms with Crippen LogP contribution in [0.2, 0.25) is 0 Å². The summed E-state index contributed by atoms with van der Waals surface area (Å²) in [7, 11) is 0. The summed E-state index contributed by atoms with van der Waals surface area (Å²) in [5.41, 5.74) is 12.4. The van der Waals surface area contributed by atoms with Gasteiger partial charge in [-0.25, -0.2) is 9.97 Å². The Kier molecular flexibility index (Phi) is 14.8. The van der Waals surface area contributed by atoms with Crippen LogP contribution in [0, 0.1) is 37.6 Å². The molecular formula is C51H45IN4O8. The zero-order valence-electron chi connectivity index (χ0n) is 34.3. The van der Waals surface area contributed by atoms with Crippen LogP contribution in [-0.4, -0.2) is 19.8 Å². The predicted molar refractivity (Wildman–Crippen MR) is 255 cm³/mol. The first-order valence-electron chi connectivity index (χ1n) is 20.1. The summed E-state index contributed by atoms with van der Waals surface area (Å²) in [5.74, 6) is 0. The Balaban J connectivity index is 0.000000161. The van der Waals surface area contributed by atoms with Gasteiger partial charge in [0.15, 0.2) is 0 Å². The fourth-order valence-corrected chi connectivity index (χ4v) is 7.69. The minimum absolute atomic E-state index is 0. The second-order valence-electron chi connectivity index (χ2n) is 15.1. The number of halogens is 1. The van der Waals surface area contributed by atoms with E-state index in [1.807, 2.05) is 61.5 Å². The summed E-state index contributed by atoms with van der Waals surface area (Å²) in [6.45, 7) is 6.05. The highest BCUT2D eigenvalue weighted by molar-refractivity contribution is 14.1. The lowest BCUT2D eigenvalue weighted by Gasteiger charge is -2.14. The molecule has 13 heteroatoms. The number of nitro benzene ring substituents is 2. The van der Waals surface area contributed by atoms with Crippen molar-refractivity contribution in [2.24, 2.45) is 0 Å². The molecule has 0 fully saturated rings. The number of benzene rings is 6. The van der Waals surface area contributed by atoms with Crippen molar-refractivity contribution in [2.75, 3.05) is 0 Å². The van der Waals surface area contributed by atoms with Crippen molar-refractivity contribution < 1.29 is 28.8 Å². The molecule has 12 nitrogen and oxygen atoms in total. The summed E-state index contributed by atoms with van der Waals surface area (Å²) < 4.78 is 24.6. The SMILES string of the molecule is C.Cc1cc(COC2OCc3cc4ccccc4nc32)cc(-c2ccc([N+](=O)[O-])cc2)c1.Cc1cccc(COC2OCc3cc4ccccc4nc32)c1.O=[N+]([O-])c1ccc(I)cc1. The molecule has 0 bridgehead atoms. The van der Waals surface area contributed by atoms with E-state index in [0.29, 0.717) is 26.4 Å². The molecule has 0 saturated carbocycles. The minimum atomic E-state index is -0.497. The number of aryl methyl sites for hydroxylation is 2. The Morgan fingerprint density at radius 3 is 1.61 bits per heavy atom. The van der Waals surface area contributed by atoms with Crippen LogP contribution in [-0.2, 0) is 45.4 Å². The highest BCUT2D eigenvalue weighted by atomic mass is 127. The molecule has 0 spiro atoms. The first kappa shape index (κ1) is 45.5. The Morgan fingerprint density at radius 1 is 0.578 bits per heavy atom. The van der Waals surface area contributed by atoms with E-state index in [1.165, 1.54) is 29.8 Å². The molecule has 10 rings (SSSR count). The first-order chi connectivity index (χ1) is 30.6. The number of nitrogens with zero attached hydrogens (tertiary/aromatic N) is 4. The van der Waals surface area contributed by atoms with Crippen LogP contribution in [0.3, 0.4) is 0 Å². The first-order valence-corrected chi connectivity index (χ1v) is 21.2. The lowest BCUT2D eigenvalue weighted by atomic mass is 10.0. The lowest BCUT2D eigenvalue weighted by Crippen LogP contribution is -2.05. The fourth-order valence-electron chi connectivity index (χ4n) is 7.33. The van der Waals surface area contributed by atoms with E-state index in [1.54, 1.807) is 24.3 Å². The van der Waals surface area contributed by atoms with Crippen molar-refractivity contribution in [3.05, 3.63) is 220 Å². The Morgan fingerprint density at radius 2 is 1.08 bits per heavy atom.